The van der Waals surface area contributed by atoms with Crippen LogP contribution in [-0.2, 0) is 0 Å². The third-order valence-electron chi connectivity index (χ3n) is 1.93. The topological polar surface area (TPSA) is 78.2 Å². The van der Waals surface area contributed by atoms with Crippen LogP contribution >= 0.6 is 15.9 Å². The Morgan fingerprint density at radius 2 is 2.40 bits per heavy atom. The summed E-state index contributed by atoms with van der Waals surface area (Å²) in [6.45, 7) is -0.261. The van der Waals surface area contributed by atoms with E-state index in [4.69, 9.17) is 15.4 Å². The summed E-state index contributed by atoms with van der Waals surface area (Å²) in [4.78, 5) is 2.69. The van der Waals surface area contributed by atoms with Crippen LogP contribution in [0, 0.1) is 0 Å². The normalized spacial score (nSPS) is 11.7. The molecule has 80 valence electrons. The highest BCUT2D eigenvalue weighted by molar-refractivity contribution is 9.10. The summed E-state index contributed by atoms with van der Waals surface area (Å²) < 4.78 is 5.87. The van der Waals surface area contributed by atoms with Gasteiger partial charge in [0.25, 0.3) is 0 Å². The van der Waals surface area contributed by atoms with Gasteiger partial charge in [-0.2, -0.15) is 0 Å². The zero-order chi connectivity index (χ0) is 11.3. The van der Waals surface area contributed by atoms with Gasteiger partial charge in [-0.15, -0.1) is 0 Å². The summed E-state index contributed by atoms with van der Waals surface area (Å²) in [5.74, 6) is 0.579. The fourth-order valence-electron chi connectivity index (χ4n) is 1.27. The van der Waals surface area contributed by atoms with Crippen LogP contribution in [0.5, 0.6) is 5.75 Å². The van der Waals surface area contributed by atoms with Gasteiger partial charge in [0, 0.05) is 14.9 Å². The van der Waals surface area contributed by atoms with Gasteiger partial charge in [0.2, 0.25) is 0 Å². The molecule has 0 aliphatic carbocycles. The fourth-order valence-corrected chi connectivity index (χ4v) is 1.88. The molecule has 1 rings (SSSR count). The fraction of sp³-hybridized carbons (Fsp3) is 0.333. The lowest BCUT2D eigenvalue weighted by Crippen LogP contribution is -2.03. The minimum atomic E-state index is -0.638. The molecule has 0 heterocycles. The molecular weight excluding hydrogens is 262 g/mol. The molecule has 15 heavy (non-hydrogen) atoms. The second kappa shape index (κ2) is 5.60. The maximum absolute atomic E-state index is 9.11. The van der Waals surface area contributed by atoms with Gasteiger partial charge in [-0.25, -0.2) is 0 Å². The lowest BCUT2D eigenvalue weighted by molar-refractivity contribution is 0.264. The quantitative estimate of drug-likeness (QED) is 0.519. The van der Waals surface area contributed by atoms with Gasteiger partial charge in [-0.3, -0.25) is 0 Å². The van der Waals surface area contributed by atoms with E-state index in [0.29, 0.717) is 11.3 Å². The number of methoxy groups -OCH3 is 1. The van der Waals surface area contributed by atoms with Crippen molar-refractivity contribution in [2.75, 3.05) is 13.7 Å². The Morgan fingerprint density at radius 3 is 2.93 bits per heavy atom. The summed E-state index contributed by atoms with van der Waals surface area (Å²) in [6.07, 6.45) is 0. The van der Waals surface area contributed by atoms with Gasteiger partial charge in [-0.1, -0.05) is 27.1 Å². The maximum Gasteiger partial charge on any atom is 0.123 e. The first kappa shape index (κ1) is 11.8. The minimum Gasteiger partial charge on any atom is -0.496 e. The number of ether oxygens (including phenoxy) is 1. The summed E-state index contributed by atoms with van der Waals surface area (Å²) in [5, 5.41) is 12.6. The number of halogens is 1. The van der Waals surface area contributed by atoms with Crippen molar-refractivity contribution in [2.45, 2.75) is 6.04 Å². The van der Waals surface area contributed by atoms with Gasteiger partial charge in [0.15, 0.2) is 0 Å². The van der Waals surface area contributed by atoms with Gasteiger partial charge in [-0.05, 0) is 17.7 Å². The highest BCUT2D eigenvalue weighted by Gasteiger charge is 2.16. The number of azide groups is 1. The van der Waals surface area contributed by atoms with Gasteiger partial charge in [0.05, 0.1) is 19.8 Å². The van der Waals surface area contributed by atoms with E-state index in [1.54, 1.807) is 18.2 Å². The monoisotopic (exact) mass is 271 g/mol. The Hall–Kier alpha value is -1.23. The van der Waals surface area contributed by atoms with Gasteiger partial charge < -0.3 is 9.84 Å². The molecule has 0 saturated heterocycles. The largest absolute Gasteiger partial charge is 0.496 e. The summed E-state index contributed by atoms with van der Waals surface area (Å²) in [7, 11) is 1.52. The van der Waals surface area contributed by atoms with Crippen LogP contribution < -0.4 is 4.74 Å². The number of rotatable bonds is 4. The summed E-state index contributed by atoms with van der Waals surface area (Å²) >= 11 is 3.32. The lowest BCUT2D eigenvalue weighted by atomic mass is 10.1. The van der Waals surface area contributed by atoms with E-state index in [-0.39, 0.29) is 6.61 Å². The molecule has 1 aromatic carbocycles. The molecule has 0 saturated carbocycles. The van der Waals surface area contributed by atoms with E-state index < -0.39 is 6.04 Å². The first-order valence-electron chi connectivity index (χ1n) is 4.22. The SMILES string of the molecule is COc1cccc(Br)c1C(CO)N=[N+]=[N-]. The molecule has 5 nitrogen and oxygen atoms in total. The third-order valence-corrected chi connectivity index (χ3v) is 2.62. The van der Waals surface area contributed by atoms with Gasteiger partial charge >= 0.3 is 0 Å². The van der Waals surface area contributed by atoms with E-state index >= 15 is 0 Å². The Balaban J connectivity index is 3.25. The second-order valence-corrected chi connectivity index (χ2v) is 3.61. The molecule has 0 bridgehead atoms. The van der Waals surface area contributed by atoms with E-state index in [1.165, 1.54) is 7.11 Å². The predicted molar refractivity (Wildman–Crippen MR) is 59.7 cm³/mol. The van der Waals surface area contributed by atoms with Crippen molar-refractivity contribution in [1.29, 1.82) is 0 Å². The Kier molecular flexibility index (Phi) is 4.42. The molecule has 6 heteroatoms. The van der Waals surface area contributed by atoms with Crippen molar-refractivity contribution in [3.05, 3.63) is 38.7 Å². The number of aliphatic hydroxyl groups is 1. The second-order valence-electron chi connectivity index (χ2n) is 2.76. The molecule has 0 aliphatic heterocycles. The van der Waals surface area contributed by atoms with E-state index in [9.17, 15) is 0 Å². The number of aliphatic hydroxyl groups excluding tert-OH is 1. The molecule has 1 atom stereocenters. The molecule has 0 fully saturated rings. The minimum absolute atomic E-state index is 0.261. The van der Waals surface area contributed by atoms with Crippen LogP contribution in [0.1, 0.15) is 11.6 Å². The van der Waals surface area contributed by atoms with Gasteiger partial charge in [0.1, 0.15) is 5.75 Å². The highest BCUT2D eigenvalue weighted by atomic mass is 79.9. The third kappa shape index (κ3) is 2.62. The molecule has 1 aromatic rings. The first-order chi connectivity index (χ1) is 7.24. The standard InChI is InChI=1S/C9H10BrN3O2/c1-15-8-4-2-3-6(10)9(8)7(5-14)12-13-11/h2-4,7,14H,5H2,1H3. The first-order valence-corrected chi connectivity index (χ1v) is 5.01. The van der Waals surface area contributed by atoms with E-state index in [0.717, 1.165) is 4.47 Å². The molecule has 0 aliphatic rings. The molecule has 1 N–H and O–H groups in total. The molecule has 1 unspecified atom stereocenters. The van der Waals surface area contributed by atoms with Crippen LogP contribution in [0.2, 0.25) is 0 Å². The van der Waals surface area contributed by atoms with Crippen LogP contribution in [0.25, 0.3) is 10.4 Å². The molecule has 0 amide bonds. The van der Waals surface area contributed by atoms with E-state index in [1.807, 2.05) is 0 Å². The Morgan fingerprint density at radius 1 is 1.67 bits per heavy atom. The van der Waals surface area contributed by atoms with Crippen LogP contribution in [0.3, 0.4) is 0 Å². The molecule has 0 spiro atoms. The average Bonchev–Trinajstić information content (AvgIpc) is 2.26. The molecule has 0 radical (unpaired) electrons. The van der Waals surface area contributed by atoms with Crippen molar-refractivity contribution < 1.29 is 9.84 Å². The van der Waals surface area contributed by atoms with Crippen LogP contribution in [0.4, 0.5) is 0 Å². The van der Waals surface area contributed by atoms with Crippen molar-refractivity contribution in [2.24, 2.45) is 5.11 Å². The number of hydrogen-bond acceptors (Lipinski definition) is 3. The maximum atomic E-state index is 9.11. The molecular formula is C9H10BrN3O2. The van der Waals surface area contributed by atoms with Crippen molar-refractivity contribution in [3.63, 3.8) is 0 Å². The average molecular weight is 272 g/mol. The number of hydrogen-bond donors (Lipinski definition) is 1. The lowest BCUT2D eigenvalue weighted by Gasteiger charge is -2.14. The van der Waals surface area contributed by atoms with Crippen molar-refractivity contribution >= 4 is 15.9 Å². The zero-order valence-corrected chi connectivity index (χ0v) is 9.68. The van der Waals surface area contributed by atoms with E-state index in [2.05, 4.69) is 26.0 Å². The predicted octanol–water partition coefficient (Wildman–Crippen LogP) is 2.80. The molecule has 0 aromatic heterocycles. The number of nitrogens with zero attached hydrogens (tertiary/aromatic N) is 3. The Bertz CT molecular complexity index is 391. The Labute approximate surface area is 95.4 Å². The van der Waals surface area contributed by atoms with Crippen LogP contribution in [0.15, 0.2) is 27.8 Å². The zero-order valence-electron chi connectivity index (χ0n) is 8.09. The van der Waals surface area contributed by atoms with Crippen molar-refractivity contribution in [3.8, 4) is 5.75 Å². The summed E-state index contributed by atoms with van der Waals surface area (Å²) in [6, 6.07) is 4.71. The van der Waals surface area contributed by atoms with Crippen molar-refractivity contribution in [1.82, 2.24) is 0 Å². The summed E-state index contributed by atoms with van der Waals surface area (Å²) in [5.41, 5.74) is 9.03. The smallest absolute Gasteiger partial charge is 0.123 e. The number of benzene rings is 1. The highest BCUT2D eigenvalue weighted by Crippen LogP contribution is 2.34. The van der Waals surface area contributed by atoms with Crippen LogP contribution in [-0.4, -0.2) is 18.8 Å².